The second kappa shape index (κ2) is 5.60. The van der Waals surface area contributed by atoms with E-state index in [9.17, 15) is 14.4 Å². The number of esters is 1. The Hall–Kier alpha value is -2.95. The molecule has 1 fully saturated rings. The van der Waals surface area contributed by atoms with Gasteiger partial charge in [0, 0.05) is 6.42 Å². The number of carbonyl (C=O) groups excluding carboxylic acids is 3. The van der Waals surface area contributed by atoms with Crippen molar-refractivity contribution in [2.45, 2.75) is 19.4 Å². The summed E-state index contributed by atoms with van der Waals surface area (Å²) in [7, 11) is 0. The fourth-order valence-corrected chi connectivity index (χ4v) is 3.35. The van der Waals surface area contributed by atoms with Crippen LogP contribution < -0.4 is 5.32 Å². The lowest BCUT2D eigenvalue weighted by Gasteiger charge is -2.11. The van der Waals surface area contributed by atoms with Crippen molar-refractivity contribution < 1.29 is 19.1 Å². The first kappa shape index (κ1) is 14.6. The Morgan fingerprint density at radius 3 is 2.67 bits per heavy atom. The predicted molar refractivity (Wildman–Crippen MR) is 85.7 cm³/mol. The minimum Gasteiger partial charge on any atom is -0.460 e. The average molecular weight is 321 g/mol. The number of nitrogens with one attached hydrogen (secondary N) is 1. The number of benzene rings is 2. The average Bonchev–Trinajstić information content (AvgIpc) is 3.12. The zero-order valence-corrected chi connectivity index (χ0v) is 12.9. The maximum Gasteiger partial charge on any atom is 0.319 e. The fraction of sp³-hybridized carbons (Fsp3) is 0.211. The molecule has 2 aliphatic rings. The van der Waals surface area contributed by atoms with Gasteiger partial charge >= 0.3 is 5.97 Å². The minimum atomic E-state index is -1.02. The molecule has 0 bridgehead atoms. The SMILES string of the molecule is O=C1CC(C(=O)OCc2cccc3c2Cc2ccccc2-3)C(=O)N1. The lowest BCUT2D eigenvalue weighted by atomic mass is 10.0. The topological polar surface area (TPSA) is 72.5 Å². The first-order chi connectivity index (χ1) is 11.6. The van der Waals surface area contributed by atoms with Crippen LogP contribution in [-0.4, -0.2) is 17.8 Å². The smallest absolute Gasteiger partial charge is 0.319 e. The molecule has 1 aliphatic carbocycles. The number of imide groups is 1. The number of hydrogen-bond acceptors (Lipinski definition) is 4. The van der Waals surface area contributed by atoms with Gasteiger partial charge in [0.15, 0.2) is 0 Å². The van der Waals surface area contributed by atoms with Crippen molar-refractivity contribution in [3.05, 3.63) is 59.2 Å². The summed E-state index contributed by atoms with van der Waals surface area (Å²) in [4.78, 5) is 34.8. The van der Waals surface area contributed by atoms with Crippen LogP contribution in [0.3, 0.4) is 0 Å². The molecule has 0 aromatic heterocycles. The van der Waals surface area contributed by atoms with Crippen LogP contribution in [0.15, 0.2) is 42.5 Å². The quantitative estimate of drug-likeness (QED) is 0.455. The van der Waals surface area contributed by atoms with E-state index in [2.05, 4.69) is 23.5 Å². The summed E-state index contributed by atoms with van der Waals surface area (Å²) >= 11 is 0. The van der Waals surface area contributed by atoms with Crippen molar-refractivity contribution in [3.63, 3.8) is 0 Å². The fourth-order valence-electron chi connectivity index (χ4n) is 3.35. The van der Waals surface area contributed by atoms with Gasteiger partial charge in [-0.05, 0) is 34.2 Å². The Kier molecular flexibility index (Phi) is 3.41. The van der Waals surface area contributed by atoms with Gasteiger partial charge in [-0.1, -0.05) is 42.5 Å². The molecule has 0 spiro atoms. The van der Waals surface area contributed by atoms with Gasteiger partial charge in [0.2, 0.25) is 11.8 Å². The number of amides is 2. The zero-order valence-electron chi connectivity index (χ0n) is 12.9. The van der Waals surface area contributed by atoms with Crippen LogP contribution in [0.25, 0.3) is 11.1 Å². The molecule has 2 aromatic carbocycles. The van der Waals surface area contributed by atoms with E-state index in [1.54, 1.807) is 0 Å². The Balaban J connectivity index is 1.52. The van der Waals surface area contributed by atoms with E-state index in [1.165, 1.54) is 11.1 Å². The van der Waals surface area contributed by atoms with Gasteiger partial charge in [0.25, 0.3) is 0 Å². The second-order valence-electron chi connectivity index (χ2n) is 6.05. The molecule has 0 radical (unpaired) electrons. The highest BCUT2D eigenvalue weighted by Crippen LogP contribution is 2.38. The van der Waals surface area contributed by atoms with Crippen LogP contribution in [0.4, 0.5) is 0 Å². The Bertz CT molecular complexity index is 871. The van der Waals surface area contributed by atoms with Crippen LogP contribution in [0.1, 0.15) is 23.1 Å². The van der Waals surface area contributed by atoms with E-state index in [0.29, 0.717) is 0 Å². The van der Waals surface area contributed by atoms with E-state index in [4.69, 9.17) is 4.74 Å². The Morgan fingerprint density at radius 1 is 1.08 bits per heavy atom. The van der Waals surface area contributed by atoms with E-state index < -0.39 is 23.7 Å². The monoisotopic (exact) mass is 321 g/mol. The molecule has 1 saturated heterocycles. The van der Waals surface area contributed by atoms with Crippen molar-refractivity contribution in [2.75, 3.05) is 0 Å². The second-order valence-corrected chi connectivity index (χ2v) is 6.05. The first-order valence-electron chi connectivity index (χ1n) is 7.83. The predicted octanol–water partition coefficient (Wildman–Crippen LogP) is 1.96. The number of fused-ring (bicyclic) bond motifs is 3. The number of rotatable bonds is 3. The summed E-state index contributed by atoms with van der Waals surface area (Å²) < 4.78 is 5.30. The van der Waals surface area contributed by atoms with Gasteiger partial charge in [-0.2, -0.15) is 0 Å². The van der Waals surface area contributed by atoms with Gasteiger partial charge < -0.3 is 4.74 Å². The molecule has 2 amide bonds. The summed E-state index contributed by atoms with van der Waals surface area (Å²) in [5, 5.41) is 2.12. The Morgan fingerprint density at radius 2 is 1.88 bits per heavy atom. The molecule has 5 heteroatoms. The molecule has 120 valence electrons. The zero-order chi connectivity index (χ0) is 16.7. The maximum absolute atomic E-state index is 12.1. The molecule has 1 N–H and O–H groups in total. The third-order valence-electron chi connectivity index (χ3n) is 4.57. The molecular formula is C19H15NO4. The van der Waals surface area contributed by atoms with Crippen LogP contribution >= 0.6 is 0 Å². The van der Waals surface area contributed by atoms with Crippen molar-refractivity contribution in [3.8, 4) is 11.1 Å². The largest absolute Gasteiger partial charge is 0.460 e. The third-order valence-corrected chi connectivity index (χ3v) is 4.57. The summed E-state index contributed by atoms with van der Waals surface area (Å²) in [6, 6.07) is 14.1. The van der Waals surface area contributed by atoms with Crippen LogP contribution in [0, 0.1) is 5.92 Å². The first-order valence-corrected chi connectivity index (χ1v) is 7.83. The highest BCUT2D eigenvalue weighted by atomic mass is 16.5. The lowest BCUT2D eigenvalue weighted by molar-refractivity contribution is -0.152. The highest BCUT2D eigenvalue weighted by Gasteiger charge is 2.37. The van der Waals surface area contributed by atoms with Gasteiger partial charge in [-0.3, -0.25) is 19.7 Å². The van der Waals surface area contributed by atoms with Crippen molar-refractivity contribution in [1.82, 2.24) is 5.32 Å². The lowest BCUT2D eigenvalue weighted by Crippen LogP contribution is -2.27. The molecule has 1 aliphatic heterocycles. The summed E-state index contributed by atoms with van der Waals surface area (Å²) in [5.41, 5.74) is 5.71. The van der Waals surface area contributed by atoms with Gasteiger partial charge in [-0.25, -0.2) is 0 Å². The van der Waals surface area contributed by atoms with Crippen LogP contribution in [-0.2, 0) is 32.1 Å². The number of hydrogen-bond donors (Lipinski definition) is 1. The summed E-state index contributed by atoms with van der Waals surface area (Å²) in [5.74, 6) is -2.67. The highest BCUT2D eigenvalue weighted by molar-refractivity contribution is 6.12. The number of ether oxygens (including phenoxy) is 1. The molecule has 1 atom stereocenters. The van der Waals surface area contributed by atoms with Crippen LogP contribution in [0.5, 0.6) is 0 Å². The molecule has 2 aromatic rings. The Labute approximate surface area is 138 Å². The van der Waals surface area contributed by atoms with Gasteiger partial charge in [-0.15, -0.1) is 0 Å². The molecular weight excluding hydrogens is 306 g/mol. The van der Waals surface area contributed by atoms with Crippen molar-refractivity contribution >= 4 is 17.8 Å². The van der Waals surface area contributed by atoms with Gasteiger partial charge in [0.1, 0.15) is 12.5 Å². The summed E-state index contributed by atoms with van der Waals surface area (Å²) in [6.07, 6.45) is 0.678. The van der Waals surface area contributed by atoms with Crippen LogP contribution in [0.2, 0.25) is 0 Å². The van der Waals surface area contributed by atoms with Crippen molar-refractivity contribution in [1.29, 1.82) is 0 Å². The third kappa shape index (κ3) is 2.38. The van der Waals surface area contributed by atoms with E-state index in [1.807, 2.05) is 24.3 Å². The molecule has 5 nitrogen and oxygen atoms in total. The van der Waals surface area contributed by atoms with Crippen molar-refractivity contribution in [2.24, 2.45) is 5.92 Å². The normalized spacial score (nSPS) is 18.1. The maximum atomic E-state index is 12.1. The standard InChI is InChI=1S/C19H15NO4/c21-17-9-16(18(22)20-17)19(23)24-10-12-5-3-7-14-13-6-2-1-4-11(13)8-15(12)14/h1-7,16H,8-10H2,(H,20,21,22). The van der Waals surface area contributed by atoms with Gasteiger partial charge in [0.05, 0.1) is 0 Å². The summed E-state index contributed by atoms with van der Waals surface area (Å²) in [6.45, 7) is 0.105. The van der Waals surface area contributed by atoms with E-state index in [0.717, 1.165) is 23.1 Å². The molecule has 4 rings (SSSR count). The molecule has 1 unspecified atom stereocenters. The minimum absolute atomic E-state index is 0.105. The molecule has 24 heavy (non-hydrogen) atoms. The van der Waals surface area contributed by atoms with E-state index >= 15 is 0 Å². The molecule has 1 heterocycles. The molecule has 0 saturated carbocycles. The van der Waals surface area contributed by atoms with E-state index in [-0.39, 0.29) is 13.0 Å². The number of carbonyl (C=O) groups is 3.